The Bertz CT molecular complexity index is 895. The number of carbonyl (C=O) groups is 1. The predicted octanol–water partition coefficient (Wildman–Crippen LogP) is 4.83. The summed E-state index contributed by atoms with van der Waals surface area (Å²) in [6.07, 6.45) is 3.76. The van der Waals surface area contributed by atoms with E-state index >= 15 is 0 Å². The van der Waals surface area contributed by atoms with Gasteiger partial charge < -0.3 is 4.90 Å². The Morgan fingerprint density at radius 3 is 2.64 bits per heavy atom. The van der Waals surface area contributed by atoms with Crippen LogP contribution in [-0.2, 0) is 6.42 Å². The number of aryl methyl sites for hydroxylation is 1. The number of fused-ring (bicyclic) bond motifs is 1. The Balaban J connectivity index is 1.68. The summed E-state index contributed by atoms with van der Waals surface area (Å²) in [7, 11) is 0. The molecule has 0 unspecified atom stereocenters. The van der Waals surface area contributed by atoms with Gasteiger partial charge in [-0.25, -0.2) is 4.98 Å². The summed E-state index contributed by atoms with van der Waals surface area (Å²) in [4.78, 5) is 20.7. The van der Waals surface area contributed by atoms with Gasteiger partial charge in [-0.1, -0.05) is 48.2 Å². The number of pyridine rings is 1. The van der Waals surface area contributed by atoms with Crippen LogP contribution in [0.15, 0.2) is 82.8 Å². The number of hydrogen-bond acceptors (Lipinski definition) is 3. The Hall–Kier alpha value is -2.59. The smallest absolute Gasteiger partial charge is 0.261 e. The molecule has 0 radical (unpaired) electrons. The molecule has 25 heavy (non-hydrogen) atoms. The van der Waals surface area contributed by atoms with E-state index in [2.05, 4.69) is 11.1 Å². The summed E-state index contributed by atoms with van der Waals surface area (Å²) in [6.45, 7) is 0.750. The fourth-order valence-electron chi connectivity index (χ4n) is 3.13. The molecule has 2 aromatic carbocycles. The molecule has 0 N–H and O–H groups in total. The van der Waals surface area contributed by atoms with Crippen molar-refractivity contribution in [3.8, 4) is 0 Å². The maximum Gasteiger partial charge on any atom is 0.261 e. The topological polar surface area (TPSA) is 33.2 Å². The molecule has 0 saturated heterocycles. The second kappa shape index (κ2) is 7.11. The lowest BCUT2D eigenvalue weighted by Gasteiger charge is -2.29. The van der Waals surface area contributed by atoms with E-state index in [1.165, 1.54) is 17.3 Å². The van der Waals surface area contributed by atoms with Crippen LogP contribution in [0.4, 0.5) is 5.69 Å². The summed E-state index contributed by atoms with van der Waals surface area (Å²) >= 11 is 1.53. The molecule has 1 amide bonds. The molecule has 1 aliphatic heterocycles. The number of anilines is 1. The Morgan fingerprint density at radius 2 is 1.76 bits per heavy atom. The molecule has 0 fully saturated rings. The highest BCUT2D eigenvalue weighted by molar-refractivity contribution is 7.99. The number of amides is 1. The third-order valence-electron chi connectivity index (χ3n) is 4.31. The maximum absolute atomic E-state index is 13.2. The van der Waals surface area contributed by atoms with Crippen molar-refractivity contribution >= 4 is 23.4 Å². The van der Waals surface area contributed by atoms with Crippen molar-refractivity contribution in [2.24, 2.45) is 0 Å². The van der Waals surface area contributed by atoms with Gasteiger partial charge in [-0.2, -0.15) is 0 Å². The van der Waals surface area contributed by atoms with Gasteiger partial charge >= 0.3 is 0 Å². The second-order valence-corrected chi connectivity index (χ2v) is 7.02. The van der Waals surface area contributed by atoms with E-state index in [-0.39, 0.29) is 5.91 Å². The molecular weight excluding hydrogens is 328 g/mol. The van der Waals surface area contributed by atoms with E-state index in [9.17, 15) is 4.79 Å². The number of nitrogens with zero attached hydrogens (tertiary/aromatic N) is 2. The van der Waals surface area contributed by atoms with Crippen molar-refractivity contribution in [1.29, 1.82) is 0 Å². The van der Waals surface area contributed by atoms with E-state index in [0.717, 1.165) is 35.0 Å². The third kappa shape index (κ3) is 3.30. The lowest BCUT2D eigenvalue weighted by molar-refractivity contribution is 0.0981. The number of carbonyl (C=O) groups excluding carboxylic acids is 1. The quantitative estimate of drug-likeness (QED) is 0.681. The van der Waals surface area contributed by atoms with Crippen molar-refractivity contribution in [2.75, 3.05) is 11.4 Å². The Labute approximate surface area is 151 Å². The first-order valence-electron chi connectivity index (χ1n) is 8.40. The largest absolute Gasteiger partial charge is 0.308 e. The van der Waals surface area contributed by atoms with Gasteiger partial charge in [0.15, 0.2) is 0 Å². The molecular formula is C21H18N2OS. The number of hydrogen-bond donors (Lipinski definition) is 0. The molecule has 4 heteroatoms. The highest BCUT2D eigenvalue weighted by Gasteiger charge is 2.25. The summed E-state index contributed by atoms with van der Waals surface area (Å²) in [5, 5.41) is 0.752. The first-order chi connectivity index (χ1) is 12.3. The Morgan fingerprint density at radius 1 is 0.960 bits per heavy atom. The van der Waals surface area contributed by atoms with Gasteiger partial charge in [-0.3, -0.25) is 4.79 Å². The highest BCUT2D eigenvalue weighted by Crippen LogP contribution is 2.32. The third-order valence-corrected chi connectivity index (χ3v) is 5.34. The van der Waals surface area contributed by atoms with Gasteiger partial charge in [-0.15, -0.1) is 0 Å². The minimum absolute atomic E-state index is 0.0266. The van der Waals surface area contributed by atoms with Crippen molar-refractivity contribution in [3.63, 3.8) is 0 Å². The monoisotopic (exact) mass is 346 g/mol. The second-order valence-electron chi connectivity index (χ2n) is 5.96. The molecule has 124 valence electrons. The van der Waals surface area contributed by atoms with Gasteiger partial charge in [-0.05, 0) is 48.7 Å². The van der Waals surface area contributed by atoms with Crippen LogP contribution in [0.5, 0.6) is 0 Å². The molecule has 0 saturated carbocycles. The first-order valence-corrected chi connectivity index (χ1v) is 9.22. The van der Waals surface area contributed by atoms with Crippen molar-refractivity contribution in [2.45, 2.75) is 22.8 Å². The lowest BCUT2D eigenvalue weighted by Crippen LogP contribution is -2.35. The van der Waals surface area contributed by atoms with Gasteiger partial charge in [0.1, 0.15) is 5.03 Å². The average Bonchev–Trinajstić information content (AvgIpc) is 2.68. The molecule has 1 aliphatic rings. The summed E-state index contributed by atoms with van der Waals surface area (Å²) in [6, 6.07) is 21.9. The SMILES string of the molecule is O=C(c1cccnc1Sc1ccccc1)N1CCCc2ccccc21. The zero-order valence-corrected chi connectivity index (χ0v) is 14.6. The molecule has 1 aromatic heterocycles. The predicted molar refractivity (Wildman–Crippen MR) is 101 cm³/mol. The van der Waals surface area contributed by atoms with E-state index in [1.54, 1.807) is 6.20 Å². The molecule has 3 nitrogen and oxygen atoms in total. The average molecular weight is 346 g/mol. The minimum Gasteiger partial charge on any atom is -0.308 e. The van der Waals surface area contributed by atoms with Crippen LogP contribution >= 0.6 is 11.8 Å². The lowest BCUT2D eigenvalue weighted by atomic mass is 10.0. The minimum atomic E-state index is 0.0266. The number of aromatic nitrogens is 1. The van der Waals surface area contributed by atoms with Crippen molar-refractivity contribution < 1.29 is 4.79 Å². The van der Waals surface area contributed by atoms with E-state index in [0.29, 0.717) is 5.56 Å². The summed E-state index contributed by atoms with van der Waals surface area (Å²) in [5.41, 5.74) is 2.93. The molecule has 4 rings (SSSR count). The number of benzene rings is 2. The normalized spacial score (nSPS) is 13.4. The molecule has 3 aromatic rings. The zero-order chi connectivity index (χ0) is 17.1. The van der Waals surface area contributed by atoms with Gasteiger partial charge in [0.05, 0.1) is 5.56 Å². The molecule has 2 heterocycles. The maximum atomic E-state index is 13.2. The number of para-hydroxylation sites is 1. The van der Waals surface area contributed by atoms with Crippen LogP contribution in [0.1, 0.15) is 22.3 Å². The van der Waals surface area contributed by atoms with Crippen molar-refractivity contribution in [1.82, 2.24) is 4.98 Å². The molecule has 0 aliphatic carbocycles. The Kier molecular flexibility index (Phi) is 4.53. The fourth-order valence-corrected chi connectivity index (χ4v) is 4.02. The zero-order valence-electron chi connectivity index (χ0n) is 13.8. The van der Waals surface area contributed by atoms with Gasteiger partial charge in [0, 0.05) is 23.3 Å². The molecule has 0 spiro atoms. The van der Waals surface area contributed by atoms with Crippen LogP contribution in [0.3, 0.4) is 0 Å². The highest BCUT2D eigenvalue weighted by atomic mass is 32.2. The van der Waals surface area contributed by atoms with Crippen LogP contribution in [0.25, 0.3) is 0 Å². The summed E-state index contributed by atoms with van der Waals surface area (Å²) in [5.74, 6) is 0.0266. The van der Waals surface area contributed by atoms with E-state index < -0.39 is 0 Å². The van der Waals surface area contributed by atoms with Crippen LogP contribution in [-0.4, -0.2) is 17.4 Å². The van der Waals surface area contributed by atoms with E-state index in [4.69, 9.17) is 0 Å². The fraction of sp³-hybridized carbons (Fsp3) is 0.143. The van der Waals surface area contributed by atoms with Gasteiger partial charge in [0.2, 0.25) is 0 Å². The van der Waals surface area contributed by atoms with E-state index in [1.807, 2.05) is 65.6 Å². The summed E-state index contributed by atoms with van der Waals surface area (Å²) < 4.78 is 0. The molecule has 0 atom stereocenters. The van der Waals surface area contributed by atoms with Gasteiger partial charge in [0.25, 0.3) is 5.91 Å². The standard InChI is InChI=1S/C21H18N2OS/c24-21(23-15-7-9-16-8-4-5-13-19(16)23)18-12-6-14-22-20(18)25-17-10-2-1-3-11-17/h1-6,8,10-14H,7,9,15H2. The first kappa shape index (κ1) is 15.9. The van der Waals surface area contributed by atoms with Crippen LogP contribution in [0, 0.1) is 0 Å². The van der Waals surface area contributed by atoms with Crippen molar-refractivity contribution in [3.05, 3.63) is 84.1 Å². The van der Waals surface area contributed by atoms with Crippen LogP contribution < -0.4 is 4.90 Å². The molecule has 0 bridgehead atoms. The number of rotatable bonds is 3. The van der Waals surface area contributed by atoms with Crippen LogP contribution in [0.2, 0.25) is 0 Å².